The molecule has 1 aromatic rings. The van der Waals surface area contributed by atoms with Gasteiger partial charge in [0.25, 0.3) is 0 Å². The summed E-state index contributed by atoms with van der Waals surface area (Å²) in [6.45, 7) is 4.35. The van der Waals surface area contributed by atoms with Crippen LogP contribution in [-0.4, -0.2) is 30.3 Å². The van der Waals surface area contributed by atoms with E-state index in [0.29, 0.717) is 18.8 Å². The van der Waals surface area contributed by atoms with Gasteiger partial charge in [-0.2, -0.15) is 0 Å². The molecule has 0 bridgehead atoms. The lowest BCUT2D eigenvalue weighted by molar-refractivity contribution is -0.158. The van der Waals surface area contributed by atoms with E-state index in [0.717, 1.165) is 18.4 Å². The summed E-state index contributed by atoms with van der Waals surface area (Å²) < 4.78 is 10.5. The van der Waals surface area contributed by atoms with E-state index < -0.39 is 17.9 Å². The minimum Gasteiger partial charge on any atom is -0.494 e. The minimum atomic E-state index is -1.16. The first-order valence-electron chi connectivity index (χ1n) is 9.69. The maximum Gasteiger partial charge on any atom is 0.320 e. The van der Waals surface area contributed by atoms with Crippen LogP contribution in [-0.2, 0) is 14.3 Å². The number of carbonyl (C=O) groups excluding carboxylic acids is 1. The van der Waals surface area contributed by atoms with Crippen molar-refractivity contribution >= 4 is 11.9 Å². The molecule has 5 nitrogen and oxygen atoms in total. The molecule has 0 aliphatic carbocycles. The van der Waals surface area contributed by atoms with Gasteiger partial charge in [0.05, 0.1) is 13.2 Å². The number of esters is 1. The van der Waals surface area contributed by atoms with Crippen molar-refractivity contribution in [2.45, 2.75) is 58.8 Å². The Hall–Kier alpha value is -2.48. The molecule has 1 N–H and O–H groups in total. The largest absolute Gasteiger partial charge is 0.494 e. The van der Waals surface area contributed by atoms with Crippen molar-refractivity contribution in [1.29, 1.82) is 0 Å². The Morgan fingerprint density at radius 3 is 2.67 bits per heavy atom. The van der Waals surface area contributed by atoms with Gasteiger partial charge >= 0.3 is 11.9 Å². The van der Waals surface area contributed by atoms with Crippen LogP contribution in [0.4, 0.5) is 0 Å². The van der Waals surface area contributed by atoms with Gasteiger partial charge in [-0.15, -0.1) is 0 Å². The highest BCUT2D eigenvalue weighted by Gasteiger charge is 2.26. The first-order valence-corrected chi connectivity index (χ1v) is 9.69. The fraction of sp³-hybridized carbons (Fsp3) is 0.545. The van der Waals surface area contributed by atoms with Crippen LogP contribution >= 0.6 is 0 Å². The zero-order chi connectivity index (χ0) is 19.9. The average Bonchev–Trinajstić information content (AvgIpc) is 2.64. The zero-order valence-corrected chi connectivity index (χ0v) is 16.3. The molecular weight excluding hydrogens is 344 g/mol. The number of hydrogen-bond donors (Lipinski definition) is 1. The third kappa shape index (κ3) is 9.69. The number of carbonyl (C=O) groups is 2. The second-order valence-corrected chi connectivity index (χ2v) is 6.27. The quantitative estimate of drug-likeness (QED) is 0.254. The molecule has 1 rings (SSSR count). The maximum absolute atomic E-state index is 11.6. The van der Waals surface area contributed by atoms with Crippen LogP contribution in [0.2, 0.25) is 0 Å². The van der Waals surface area contributed by atoms with Crippen LogP contribution < -0.4 is 4.74 Å². The van der Waals surface area contributed by atoms with Gasteiger partial charge in [-0.1, -0.05) is 44.1 Å². The van der Waals surface area contributed by atoms with Crippen molar-refractivity contribution in [3.63, 3.8) is 0 Å². The second-order valence-electron chi connectivity index (χ2n) is 6.27. The molecule has 0 spiro atoms. The molecule has 0 aliphatic heterocycles. The third-order valence-electron chi connectivity index (χ3n) is 4.00. The predicted octanol–water partition coefficient (Wildman–Crippen LogP) is 4.43. The van der Waals surface area contributed by atoms with Crippen LogP contribution in [0.1, 0.15) is 64.4 Å². The van der Waals surface area contributed by atoms with Crippen molar-refractivity contribution in [2.75, 3.05) is 13.2 Å². The molecule has 1 aromatic carbocycles. The Balaban J connectivity index is 2.41. The van der Waals surface area contributed by atoms with Crippen molar-refractivity contribution in [2.24, 2.45) is 5.92 Å². The maximum atomic E-state index is 11.6. The van der Waals surface area contributed by atoms with Crippen LogP contribution in [0.3, 0.4) is 0 Å². The smallest absolute Gasteiger partial charge is 0.320 e. The first-order chi connectivity index (χ1) is 13.1. The van der Waals surface area contributed by atoms with E-state index in [-0.39, 0.29) is 13.0 Å². The highest BCUT2D eigenvalue weighted by Crippen LogP contribution is 2.15. The van der Waals surface area contributed by atoms with Crippen molar-refractivity contribution in [3.05, 3.63) is 29.8 Å². The van der Waals surface area contributed by atoms with E-state index in [1.54, 1.807) is 6.92 Å². The Kier molecular flexibility index (Phi) is 11.4. The highest BCUT2D eigenvalue weighted by molar-refractivity contribution is 5.93. The molecule has 27 heavy (non-hydrogen) atoms. The van der Waals surface area contributed by atoms with Crippen molar-refractivity contribution in [1.82, 2.24) is 0 Å². The fourth-order valence-corrected chi connectivity index (χ4v) is 2.53. The Labute approximate surface area is 162 Å². The number of aliphatic carboxylic acids is 1. The number of rotatable bonds is 12. The fourth-order valence-electron chi connectivity index (χ4n) is 2.53. The average molecular weight is 374 g/mol. The molecule has 0 aliphatic rings. The van der Waals surface area contributed by atoms with E-state index in [2.05, 4.69) is 18.8 Å². The lowest BCUT2D eigenvalue weighted by atomic mass is 10.0. The number of carboxylic acids is 1. The molecule has 148 valence electrons. The second kappa shape index (κ2) is 13.7. The van der Waals surface area contributed by atoms with E-state index in [4.69, 9.17) is 14.6 Å². The summed E-state index contributed by atoms with van der Waals surface area (Å²) in [5.74, 6) is 4.02. The molecule has 0 fully saturated rings. The lowest BCUT2D eigenvalue weighted by Crippen LogP contribution is -2.26. The summed E-state index contributed by atoms with van der Waals surface area (Å²) in [6, 6.07) is 7.54. The lowest BCUT2D eigenvalue weighted by Gasteiger charge is -2.11. The topological polar surface area (TPSA) is 72.8 Å². The van der Waals surface area contributed by atoms with Crippen LogP contribution in [0.5, 0.6) is 5.75 Å². The number of carboxylic acid groups (broad SMARTS) is 1. The summed E-state index contributed by atoms with van der Waals surface area (Å²) in [7, 11) is 0. The zero-order valence-electron chi connectivity index (χ0n) is 16.3. The molecule has 5 heteroatoms. The minimum absolute atomic E-state index is 0.172. The van der Waals surface area contributed by atoms with Crippen molar-refractivity contribution < 1.29 is 24.2 Å². The van der Waals surface area contributed by atoms with Gasteiger partial charge in [-0.3, -0.25) is 9.59 Å². The van der Waals surface area contributed by atoms with E-state index in [9.17, 15) is 9.59 Å². The van der Waals surface area contributed by atoms with Crippen LogP contribution in [0.25, 0.3) is 0 Å². The molecule has 0 heterocycles. The van der Waals surface area contributed by atoms with Gasteiger partial charge in [-0.25, -0.2) is 0 Å². The van der Waals surface area contributed by atoms with Crippen LogP contribution in [0.15, 0.2) is 24.3 Å². The van der Waals surface area contributed by atoms with E-state index >= 15 is 0 Å². The highest BCUT2D eigenvalue weighted by atomic mass is 16.5. The van der Waals surface area contributed by atoms with Crippen molar-refractivity contribution in [3.8, 4) is 17.6 Å². The van der Waals surface area contributed by atoms with Gasteiger partial charge < -0.3 is 14.6 Å². The molecule has 1 unspecified atom stereocenters. The van der Waals surface area contributed by atoms with E-state index in [1.165, 1.54) is 19.3 Å². The number of ether oxygens (including phenoxy) is 2. The molecular formula is C22H30O5. The Bertz CT molecular complexity index is 642. The molecule has 0 saturated carbocycles. The molecule has 0 aromatic heterocycles. The van der Waals surface area contributed by atoms with Gasteiger partial charge in [0.1, 0.15) is 5.75 Å². The van der Waals surface area contributed by atoms with Crippen LogP contribution in [0, 0.1) is 17.8 Å². The molecule has 0 amide bonds. The monoisotopic (exact) mass is 374 g/mol. The Morgan fingerprint density at radius 2 is 1.96 bits per heavy atom. The first kappa shape index (κ1) is 22.6. The SMILES string of the molecule is CCCCCCC#Cc1cccc(OCCCC(C(=O)O)C(=O)OCC)c1. The predicted molar refractivity (Wildman–Crippen MR) is 105 cm³/mol. The molecule has 1 atom stereocenters. The molecule has 0 radical (unpaired) electrons. The number of hydrogen-bond acceptors (Lipinski definition) is 4. The van der Waals surface area contributed by atoms with Gasteiger partial charge in [0.2, 0.25) is 0 Å². The summed E-state index contributed by atoms with van der Waals surface area (Å²) in [6.07, 6.45) is 6.35. The standard InChI is InChI=1S/C22H30O5/c1-3-5-6-7-8-9-12-18-13-10-14-19(17-18)27-16-11-15-20(21(23)24)22(25)26-4-2/h10,13-14,17,20H,3-8,11,15-16H2,1-2H3,(H,23,24). The number of unbranched alkanes of at least 4 members (excludes halogenated alkanes) is 4. The van der Waals surface area contributed by atoms with E-state index in [1.807, 2.05) is 24.3 Å². The van der Waals surface area contributed by atoms with Gasteiger partial charge in [0, 0.05) is 12.0 Å². The summed E-state index contributed by atoms with van der Waals surface area (Å²) in [5, 5.41) is 9.12. The number of benzene rings is 1. The third-order valence-corrected chi connectivity index (χ3v) is 4.00. The van der Waals surface area contributed by atoms with Gasteiger partial charge in [0.15, 0.2) is 5.92 Å². The summed E-state index contributed by atoms with van der Waals surface area (Å²) >= 11 is 0. The summed E-state index contributed by atoms with van der Waals surface area (Å²) in [4.78, 5) is 22.8. The Morgan fingerprint density at radius 1 is 1.15 bits per heavy atom. The summed E-state index contributed by atoms with van der Waals surface area (Å²) in [5.41, 5.74) is 0.901. The van der Waals surface area contributed by atoms with Gasteiger partial charge in [-0.05, 0) is 44.4 Å². The normalized spacial score (nSPS) is 11.2. The molecule has 0 saturated heterocycles.